The molecule has 0 aliphatic carbocycles. The molecule has 1 rings (SSSR count). The van der Waals surface area contributed by atoms with Gasteiger partial charge in [0.25, 0.3) is 0 Å². The predicted molar refractivity (Wildman–Crippen MR) is 81.2 cm³/mol. The maximum Gasteiger partial charge on any atom is 0.146 e. The molecule has 0 fully saturated rings. The first-order valence-corrected chi connectivity index (χ1v) is 7.41. The summed E-state index contributed by atoms with van der Waals surface area (Å²) in [5.41, 5.74) is 7.61. The maximum atomic E-state index is 14.2. The largest absolute Gasteiger partial charge is 0.369 e. The van der Waals surface area contributed by atoms with Crippen LogP contribution in [0.25, 0.3) is 0 Å². The molecule has 0 aliphatic rings. The standard InChI is InChI=1S/C16H27FN2/c1-4-7-10-19(6-3)16-9-8-13(12-15(16)17)11-14(18)5-2/h8-9,12,14H,4-7,10-11,18H2,1-3H3. The van der Waals surface area contributed by atoms with Crippen LogP contribution in [0.5, 0.6) is 0 Å². The Morgan fingerprint density at radius 1 is 1.26 bits per heavy atom. The fraction of sp³-hybridized carbons (Fsp3) is 0.625. The molecule has 0 saturated carbocycles. The number of hydrogen-bond donors (Lipinski definition) is 1. The predicted octanol–water partition coefficient (Wildman–Crippen LogP) is 3.73. The number of nitrogens with two attached hydrogens (primary N) is 1. The van der Waals surface area contributed by atoms with Gasteiger partial charge in [0.1, 0.15) is 5.82 Å². The highest BCUT2D eigenvalue weighted by atomic mass is 19.1. The Hall–Kier alpha value is -1.09. The third kappa shape index (κ3) is 4.83. The fourth-order valence-electron chi connectivity index (χ4n) is 2.18. The number of halogens is 1. The van der Waals surface area contributed by atoms with Crippen molar-refractivity contribution in [3.05, 3.63) is 29.6 Å². The van der Waals surface area contributed by atoms with E-state index < -0.39 is 0 Å². The van der Waals surface area contributed by atoms with Crippen molar-refractivity contribution in [1.82, 2.24) is 0 Å². The van der Waals surface area contributed by atoms with Gasteiger partial charge in [-0.15, -0.1) is 0 Å². The summed E-state index contributed by atoms with van der Waals surface area (Å²) in [4.78, 5) is 2.10. The van der Waals surface area contributed by atoms with Crippen LogP contribution in [0, 0.1) is 5.82 Å². The molecule has 2 nitrogen and oxygen atoms in total. The van der Waals surface area contributed by atoms with Crippen molar-refractivity contribution in [1.29, 1.82) is 0 Å². The quantitative estimate of drug-likeness (QED) is 0.777. The second-order valence-corrected chi connectivity index (χ2v) is 5.09. The number of benzene rings is 1. The Kier molecular flexibility index (Phi) is 6.85. The van der Waals surface area contributed by atoms with Crippen molar-refractivity contribution in [2.75, 3.05) is 18.0 Å². The summed E-state index contributed by atoms with van der Waals surface area (Å²) in [5, 5.41) is 0. The zero-order chi connectivity index (χ0) is 14.3. The van der Waals surface area contributed by atoms with Crippen molar-refractivity contribution in [2.24, 2.45) is 5.73 Å². The van der Waals surface area contributed by atoms with Crippen LogP contribution < -0.4 is 10.6 Å². The Morgan fingerprint density at radius 3 is 2.53 bits per heavy atom. The lowest BCUT2D eigenvalue weighted by Crippen LogP contribution is -2.25. The minimum Gasteiger partial charge on any atom is -0.369 e. The highest BCUT2D eigenvalue weighted by Gasteiger charge is 2.11. The van der Waals surface area contributed by atoms with Gasteiger partial charge in [0.15, 0.2) is 0 Å². The number of rotatable bonds is 8. The van der Waals surface area contributed by atoms with Gasteiger partial charge < -0.3 is 10.6 Å². The highest BCUT2D eigenvalue weighted by molar-refractivity contribution is 5.49. The second kappa shape index (κ2) is 8.16. The van der Waals surface area contributed by atoms with E-state index in [2.05, 4.69) is 25.7 Å². The van der Waals surface area contributed by atoms with Gasteiger partial charge in [0.05, 0.1) is 5.69 Å². The third-order valence-corrected chi connectivity index (χ3v) is 3.54. The Balaban J connectivity index is 2.80. The van der Waals surface area contributed by atoms with Gasteiger partial charge in [-0.05, 0) is 43.9 Å². The van der Waals surface area contributed by atoms with Crippen molar-refractivity contribution < 1.29 is 4.39 Å². The van der Waals surface area contributed by atoms with E-state index in [1.54, 1.807) is 6.07 Å². The molecule has 0 radical (unpaired) electrons. The van der Waals surface area contributed by atoms with Crippen LogP contribution in [0.3, 0.4) is 0 Å². The summed E-state index contributed by atoms with van der Waals surface area (Å²) < 4.78 is 14.2. The van der Waals surface area contributed by atoms with Gasteiger partial charge in [0.2, 0.25) is 0 Å². The molecule has 1 aromatic carbocycles. The minimum atomic E-state index is -0.126. The third-order valence-electron chi connectivity index (χ3n) is 3.54. The monoisotopic (exact) mass is 266 g/mol. The fourth-order valence-corrected chi connectivity index (χ4v) is 2.18. The lowest BCUT2D eigenvalue weighted by atomic mass is 10.0. The van der Waals surface area contributed by atoms with Crippen molar-refractivity contribution in [3.63, 3.8) is 0 Å². The second-order valence-electron chi connectivity index (χ2n) is 5.09. The molecule has 0 saturated heterocycles. The van der Waals surface area contributed by atoms with Gasteiger partial charge in [-0.2, -0.15) is 0 Å². The van der Waals surface area contributed by atoms with Gasteiger partial charge in [0, 0.05) is 19.1 Å². The van der Waals surface area contributed by atoms with Crippen LogP contribution in [0.4, 0.5) is 10.1 Å². The molecule has 0 heterocycles. The molecule has 1 unspecified atom stereocenters. The van der Waals surface area contributed by atoms with Gasteiger partial charge in [-0.1, -0.05) is 26.3 Å². The molecule has 3 heteroatoms. The maximum absolute atomic E-state index is 14.2. The van der Waals surface area contributed by atoms with Crippen molar-refractivity contribution >= 4 is 5.69 Å². The first kappa shape index (κ1) is 16.0. The Morgan fingerprint density at radius 2 is 2.00 bits per heavy atom. The van der Waals surface area contributed by atoms with E-state index in [4.69, 9.17) is 5.73 Å². The summed E-state index contributed by atoms with van der Waals surface area (Å²) in [5.74, 6) is -0.126. The van der Waals surface area contributed by atoms with Crippen LogP contribution in [-0.4, -0.2) is 19.1 Å². The smallest absolute Gasteiger partial charge is 0.146 e. The van der Waals surface area contributed by atoms with Gasteiger partial charge >= 0.3 is 0 Å². The summed E-state index contributed by atoms with van der Waals surface area (Å²) in [6.45, 7) is 8.02. The summed E-state index contributed by atoms with van der Waals surface area (Å²) in [6, 6.07) is 5.65. The molecule has 19 heavy (non-hydrogen) atoms. The zero-order valence-electron chi connectivity index (χ0n) is 12.5. The Bertz CT molecular complexity index is 379. The summed E-state index contributed by atoms with van der Waals surface area (Å²) in [7, 11) is 0. The van der Waals surface area contributed by atoms with Crippen LogP contribution in [0.15, 0.2) is 18.2 Å². The highest BCUT2D eigenvalue weighted by Crippen LogP contribution is 2.21. The number of hydrogen-bond acceptors (Lipinski definition) is 2. The number of nitrogens with zero attached hydrogens (tertiary/aromatic N) is 1. The van der Waals surface area contributed by atoms with E-state index in [9.17, 15) is 4.39 Å². The van der Waals surface area contributed by atoms with Gasteiger partial charge in [-0.25, -0.2) is 4.39 Å². The van der Waals surface area contributed by atoms with E-state index in [1.165, 1.54) is 0 Å². The van der Waals surface area contributed by atoms with Crippen LogP contribution in [0.2, 0.25) is 0 Å². The normalized spacial score (nSPS) is 12.5. The van der Waals surface area contributed by atoms with Crippen molar-refractivity contribution in [3.8, 4) is 0 Å². The van der Waals surface area contributed by atoms with E-state index in [0.717, 1.165) is 44.3 Å². The summed E-state index contributed by atoms with van der Waals surface area (Å²) >= 11 is 0. The van der Waals surface area contributed by atoms with Gasteiger partial charge in [-0.3, -0.25) is 0 Å². The number of unbranched alkanes of at least 4 members (excludes halogenated alkanes) is 1. The van der Waals surface area contributed by atoms with E-state index in [-0.39, 0.29) is 11.9 Å². The van der Waals surface area contributed by atoms with E-state index in [1.807, 2.05) is 12.1 Å². The van der Waals surface area contributed by atoms with Crippen molar-refractivity contribution in [2.45, 2.75) is 52.5 Å². The molecule has 0 amide bonds. The first-order valence-electron chi connectivity index (χ1n) is 7.41. The number of anilines is 1. The SMILES string of the molecule is CCCCN(CC)c1ccc(CC(N)CC)cc1F. The first-order chi connectivity index (χ1) is 9.12. The van der Waals surface area contributed by atoms with Crippen LogP contribution >= 0.6 is 0 Å². The molecule has 1 aromatic rings. The van der Waals surface area contributed by atoms with Crippen LogP contribution in [0.1, 0.15) is 45.6 Å². The summed E-state index contributed by atoms with van der Waals surface area (Å²) in [6.07, 6.45) is 3.88. The minimum absolute atomic E-state index is 0.118. The molecule has 1 atom stereocenters. The molecular weight excluding hydrogens is 239 g/mol. The average Bonchev–Trinajstić information content (AvgIpc) is 2.41. The molecule has 0 aliphatic heterocycles. The molecule has 108 valence electrons. The van der Waals surface area contributed by atoms with E-state index in [0.29, 0.717) is 5.69 Å². The molecular formula is C16H27FN2. The Labute approximate surface area is 116 Å². The molecule has 2 N–H and O–H groups in total. The van der Waals surface area contributed by atoms with Crippen LogP contribution in [-0.2, 0) is 6.42 Å². The molecule has 0 aromatic heterocycles. The molecule has 0 spiro atoms. The topological polar surface area (TPSA) is 29.3 Å². The van der Waals surface area contributed by atoms with E-state index >= 15 is 0 Å². The lowest BCUT2D eigenvalue weighted by Gasteiger charge is -2.24. The average molecular weight is 266 g/mol. The lowest BCUT2D eigenvalue weighted by molar-refractivity contribution is 0.604. The molecule has 0 bridgehead atoms. The zero-order valence-corrected chi connectivity index (χ0v) is 12.5.